The largest absolute Gasteiger partial charge is 0.467 e. The third-order valence-corrected chi connectivity index (χ3v) is 3.82. The van der Waals surface area contributed by atoms with Gasteiger partial charge >= 0.3 is 0 Å². The Hall–Kier alpha value is -2.79. The summed E-state index contributed by atoms with van der Waals surface area (Å²) in [6.45, 7) is 1.77. The zero-order valence-corrected chi connectivity index (χ0v) is 13.4. The number of nitrogens with one attached hydrogen (secondary N) is 1. The molecule has 1 amide bonds. The van der Waals surface area contributed by atoms with Crippen molar-refractivity contribution in [2.45, 2.75) is 19.4 Å². The lowest BCUT2D eigenvalue weighted by molar-refractivity contribution is -0.117. The van der Waals surface area contributed by atoms with E-state index in [1.807, 2.05) is 31.2 Å². The van der Waals surface area contributed by atoms with Crippen LogP contribution in [-0.4, -0.2) is 17.6 Å². The van der Waals surface area contributed by atoms with Crippen LogP contribution in [0.3, 0.4) is 0 Å². The van der Waals surface area contributed by atoms with E-state index in [-0.39, 0.29) is 12.5 Å². The number of aliphatic hydroxyl groups excluding tert-OH is 1. The molecule has 3 rings (SSSR count). The summed E-state index contributed by atoms with van der Waals surface area (Å²) < 4.78 is 11.0. The van der Waals surface area contributed by atoms with Gasteiger partial charge in [0.25, 0.3) is 0 Å². The lowest BCUT2D eigenvalue weighted by Gasteiger charge is -2.12. The smallest absolute Gasteiger partial charge is 0.244 e. The second-order valence-corrected chi connectivity index (χ2v) is 5.38. The first-order valence-corrected chi connectivity index (χ1v) is 7.86. The minimum atomic E-state index is -0.566. The SMILES string of the molecule is CCc1oc2ccccc2c1/C=C/C(=O)NC(CO)c1ccco1. The predicted molar refractivity (Wildman–Crippen MR) is 91.3 cm³/mol. The van der Waals surface area contributed by atoms with Gasteiger partial charge in [0.05, 0.1) is 12.9 Å². The van der Waals surface area contributed by atoms with Gasteiger partial charge in [-0.1, -0.05) is 25.1 Å². The van der Waals surface area contributed by atoms with Crippen molar-refractivity contribution in [2.24, 2.45) is 0 Å². The van der Waals surface area contributed by atoms with Gasteiger partial charge in [-0.2, -0.15) is 0 Å². The highest BCUT2D eigenvalue weighted by Gasteiger charge is 2.15. The van der Waals surface area contributed by atoms with Crippen molar-refractivity contribution < 1.29 is 18.7 Å². The summed E-state index contributed by atoms with van der Waals surface area (Å²) in [5.74, 6) is 1.05. The molecule has 0 aliphatic carbocycles. The van der Waals surface area contributed by atoms with E-state index in [0.29, 0.717) is 5.76 Å². The zero-order chi connectivity index (χ0) is 16.9. The van der Waals surface area contributed by atoms with Crippen LogP contribution in [-0.2, 0) is 11.2 Å². The first-order chi connectivity index (χ1) is 11.7. The molecule has 0 saturated carbocycles. The molecule has 0 radical (unpaired) electrons. The summed E-state index contributed by atoms with van der Waals surface area (Å²) in [6, 6.07) is 10.6. The average Bonchev–Trinajstić information content (AvgIpc) is 3.25. The van der Waals surface area contributed by atoms with Gasteiger partial charge in [0, 0.05) is 23.4 Å². The fourth-order valence-electron chi connectivity index (χ4n) is 2.64. The Morgan fingerprint density at radius 2 is 2.12 bits per heavy atom. The Morgan fingerprint density at radius 3 is 2.83 bits per heavy atom. The Balaban J connectivity index is 1.79. The first kappa shape index (κ1) is 16.1. The number of aliphatic hydroxyl groups is 1. The maximum atomic E-state index is 12.2. The number of rotatable bonds is 6. The lowest BCUT2D eigenvalue weighted by atomic mass is 10.1. The molecule has 1 atom stereocenters. The van der Waals surface area contributed by atoms with Crippen molar-refractivity contribution in [3.63, 3.8) is 0 Å². The highest BCUT2D eigenvalue weighted by molar-refractivity contribution is 5.96. The van der Waals surface area contributed by atoms with E-state index in [1.54, 1.807) is 18.2 Å². The van der Waals surface area contributed by atoms with E-state index in [2.05, 4.69) is 5.32 Å². The molecular formula is C19H19NO4. The monoisotopic (exact) mass is 325 g/mol. The summed E-state index contributed by atoms with van der Waals surface area (Å²) >= 11 is 0. The van der Waals surface area contributed by atoms with Crippen LogP contribution in [0.25, 0.3) is 17.0 Å². The van der Waals surface area contributed by atoms with Crippen LogP contribution >= 0.6 is 0 Å². The number of aryl methyl sites for hydroxylation is 1. The molecule has 1 unspecified atom stereocenters. The maximum absolute atomic E-state index is 12.2. The first-order valence-electron chi connectivity index (χ1n) is 7.86. The Morgan fingerprint density at radius 1 is 1.29 bits per heavy atom. The lowest BCUT2D eigenvalue weighted by Crippen LogP contribution is -2.28. The van der Waals surface area contributed by atoms with E-state index in [9.17, 15) is 9.90 Å². The molecule has 5 nitrogen and oxygen atoms in total. The number of furan rings is 2. The summed E-state index contributed by atoms with van der Waals surface area (Å²) in [5, 5.41) is 13.1. The number of fused-ring (bicyclic) bond motifs is 1. The summed E-state index contributed by atoms with van der Waals surface area (Å²) in [4.78, 5) is 12.2. The molecule has 2 aromatic heterocycles. The van der Waals surface area contributed by atoms with Gasteiger partial charge in [-0.15, -0.1) is 0 Å². The third-order valence-electron chi connectivity index (χ3n) is 3.82. The molecule has 2 heterocycles. The molecule has 1 aromatic carbocycles. The Labute approximate surface area is 139 Å². The van der Waals surface area contributed by atoms with Crippen LogP contribution < -0.4 is 5.32 Å². The molecular weight excluding hydrogens is 306 g/mol. The molecule has 0 spiro atoms. The van der Waals surface area contributed by atoms with E-state index < -0.39 is 6.04 Å². The normalized spacial score (nSPS) is 12.8. The molecule has 0 aliphatic heterocycles. The van der Waals surface area contributed by atoms with Crippen molar-refractivity contribution in [1.29, 1.82) is 0 Å². The zero-order valence-electron chi connectivity index (χ0n) is 13.4. The second-order valence-electron chi connectivity index (χ2n) is 5.38. The fraction of sp³-hybridized carbons (Fsp3) is 0.211. The molecule has 3 aromatic rings. The number of para-hydroxylation sites is 1. The number of hydrogen-bond donors (Lipinski definition) is 2. The topological polar surface area (TPSA) is 75.6 Å². The Bertz CT molecular complexity index is 846. The minimum absolute atomic E-state index is 0.234. The van der Waals surface area contributed by atoms with Crippen molar-refractivity contribution in [3.05, 3.63) is 65.8 Å². The highest BCUT2D eigenvalue weighted by atomic mass is 16.3. The molecule has 0 aliphatic rings. The van der Waals surface area contributed by atoms with Crippen molar-refractivity contribution in [1.82, 2.24) is 5.32 Å². The quantitative estimate of drug-likeness (QED) is 0.681. The molecule has 24 heavy (non-hydrogen) atoms. The van der Waals surface area contributed by atoms with Gasteiger partial charge in [0.2, 0.25) is 5.91 Å². The van der Waals surface area contributed by atoms with Crippen LogP contribution in [0, 0.1) is 0 Å². The number of carbonyl (C=O) groups excluding carboxylic acids is 1. The predicted octanol–water partition coefficient (Wildman–Crippen LogP) is 3.45. The van der Waals surface area contributed by atoms with Crippen LogP contribution in [0.5, 0.6) is 0 Å². The van der Waals surface area contributed by atoms with Gasteiger partial charge in [-0.05, 0) is 24.3 Å². The molecule has 0 bridgehead atoms. The highest BCUT2D eigenvalue weighted by Crippen LogP contribution is 2.27. The number of amides is 1. The molecule has 5 heteroatoms. The van der Waals surface area contributed by atoms with E-state index >= 15 is 0 Å². The van der Waals surface area contributed by atoms with Gasteiger partial charge in [-0.25, -0.2) is 0 Å². The Kier molecular flexibility index (Phi) is 4.82. The van der Waals surface area contributed by atoms with Gasteiger partial charge in [0.15, 0.2) is 0 Å². The molecule has 0 saturated heterocycles. The molecule has 2 N–H and O–H groups in total. The standard InChI is InChI=1S/C19H19NO4/c1-2-16-14(13-6-3-4-7-17(13)24-16)9-10-19(22)20-15(12-21)18-8-5-11-23-18/h3-11,15,21H,2,12H2,1H3,(H,20,22)/b10-9+. The summed E-state index contributed by atoms with van der Waals surface area (Å²) in [7, 11) is 0. The van der Waals surface area contributed by atoms with Crippen LogP contribution in [0.15, 0.2) is 57.6 Å². The van der Waals surface area contributed by atoms with Crippen LogP contribution in [0.2, 0.25) is 0 Å². The average molecular weight is 325 g/mol. The van der Waals surface area contributed by atoms with E-state index in [4.69, 9.17) is 8.83 Å². The third kappa shape index (κ3) is 3.26. The fourth-order valence-corrected chi connectivity index (χ4v) is 2.64. The minimum Gasteiger partial charge on any atom is -0.467 e. The van der Waals surface area contributed by atoms with Gasteiger partial charge in [-0.3, -0.25) is 4.79 Å². The summed E-state index contributed by atoms with van der Waals surface area (Å²) in [6.07, 6.45) is 5.44. The van der Waals surface area contributed by atoms with E-state index in [0.717, 1.165) is 28.7 Å². The van der Waals surface area contributed by atoms with Crippen molar-refractivity contribution in [2.75, 3.05) is 6.61 Å². The van der Waals surface area contributed by atoms with E-state index in [1.165, 1.54) is 12.3 Å². The van der Waals surface area contributed by atoms with Crippen LogP contribution in [0.4, 0.5) is 0 Å². The number of hydrogen-bond acceptors (Lipinski definition) is 4. The van der Waals surface area contributed by atoms with Crippen molar-refractivity contribution in [3.8, 4) is 0 Å². The van der Waals surface area contributed by atoms with Crippen molar-refractivity contribution >= 4 is 23.0 Å². The maximum Gasteiger partial charge on any atom is 0.244 e. The van der Waals surface area contributed by atoms with Gasteiger partial charge in [0.1, 0.15) is 23.1 Å². The van der Waals surface area contributed by atoms with Gasteiger partial charge < -0.3 is 19.3 Å². The number of carbonyl (C=O) groups is 1. The van der Waals surface area contributed by atoms with Crippen LogP contribution in [0.1, 0.15) is 30.0 Å². The number of benzene rings is 1. The second kappa shape index (κ2) is 7.19. The molecule has 0 fully saturated rings. The molecule has 124 valence electrons. The summed E-state index contributed by atoms with van der Waals surface area (Å²) in [5.41, 5.74) is 1.71.